The lowest BCUT2D eigenvalue weighted by molar-refractivity contribution is 0.0880. The van der Waals surface area contributed by atoms with Crippen LogP contribution < -0.4 is 5.32 Å². The van der Waals surface area contributed by atoms with Crippen LogP contribution in [0.3, 0.4) is 0 Å². The van der Waals surface area contributed by atoms with Crippen molar-refractivity contribution in [2.75, 3.05) is 5.33 Å². The van der Waals surface area contributed by atoms with E-state index in [1.165, 1.54) is 5.56 Å². The number of rotatable bonds is 2. The number of H-pyrrole nitrogens is 2. The van der Waals surface area contributed by atoms with E-state index in [4.69, 9.17) is 0 Å². The Hall–Kier alpha value is -3.12. The van der Waals surface area contributed by atoms with Crippen molar-refractivity contribution < 1.29 is 9.59 Å². The number of benzene rings is 3. The molecule has 3 N–H and O–H groups in total. The quantitative estimate of drug-likeness (QED) is 0.278. The lowest BCUT2D eigenvalue weighted by atomic mass is 9.93. The minimum Gasteiger partial charge on any atom is -0.361 e. The zero-order valence-electron chi connectivity index (χ0n) is 14.7. The molecular formula is C22H14BrN3O2. The number of aromatic amines is 2. The summed E-state index contributed by atoms with van der Waals surface area (Å²) in [5.41, 5.74) is 4.90. The largest absolute Gasteiger partial charge is 0.361 e. The van der Waals surface area contributed by atoms with Crippen LogP contribution in [-0.2, 0) is 6.42 Å². The number of aromatic nitrogens is 2. The first kappa shape index (κ1) is 15.9. The van der Waals surface area contributed by atoms with Crippen LogP contribution in [0.5, 0.6) is 0 Å². The second kappa shape index (κ2) is 5.45. The van der Waals surface area contributed by atoms with Crippen molar-refractivity contribution in [1.29, 1.82) is 0 Å². The fraction of sp³-hybridized carbons (Fsp3) is 0.0909. The molecule has 5 aromatic rings. The third-order valence-electron chi connectivity index (χ3n) is 5.71. The summed E-state index contributed by atoms with van der Waals surface area (Å²) in [5.74, 6) is -0.665. The maximum Gasteiger partial charge on any atom is 0.259 e. The summed E-state index contributed by atoms with van der Waals surface area (Å²) in [6.07, 6.45) is 2.73. The molecule has 28 heavy (non-hydrogen) atoms. The predicted molar refractivity (Wildman–Crippen MR) is 114 cm³/mol. The van der Waals surface area contributed by atoms with Crippen LogP contribution in [0.15, 0.2) is 42.6 Å². The smallest absolute Gasteiger partial charge is 0.259 e. The summed E-state index contributed by atoms with van der Waals surface area (Å²) in [6.45, 7) is 0. The predicted octanol–water partition coefficient (Wildman–Crippen LogP) is 4.78. The van der Waals surface area contributed by atoms with Gasteiger partial charge in [0.05, 0.1) is 22.2 Å². The van der Waals surface area contributed by atoms with Gasteiger partial charge >= 0.3 is 0 Å². The number of halogens is 1. The van der Waals surface area contributed by atoms with E-state index in [9.17, 15) is 9.59 Å². The molecule has 0 atom stereocenters. The van der Waals surface area contributed by atoms with E-state index in [1.54, 1.807) is 0 Å². The highest BCUT2D eigenvalue weighted by molar-refractivity contribution is 9.09. The number of carbonyl (C=O) groups excluding carboxylic acids is 2. The molecule has 0 saturated heterocycles. The van der Waals surface area contributed by atoms with Gasteiger partial charge < -0.3 is 9.97 Å². The van der Waals surface area contributed by atoms with Gasteiger partial charge in [0.15, 0.2) is 0 Å². The van der Waals surface area contributed by atoms with Crippen LogP contribution in [0.4, 0.5) is 0 Å². The number of hydrogen-bond donors (Lipinski definition) is 3. The van der Waals surface area contributed by atoms with E-state index in [-0.39, 0.29) is 11.8 Å². The van der Waals surface area contributed by atoms with Gasteiger partial charge in [0.1, 0.15) is 0 Å². The molecular weight excluding hydrogens is 418 g/mol. The van der Waals surface area contributed by atoms with Gasteiger partial charge in [-0.25, -0.2) is 0 Å². The van der Waals surface area contributed by atoms with Gasteiger partial charge in [-0.1, -0.05) is 46.3 Å². The highest BCUT2D eigenvalue weighted by atomic mass is 79.9. The van der Waals surface area contributed by atoms with Crippen LogP contribution in [0.2, 0.25) is 0 Å². The second-order valence-corrected chi connectivity index (χ2v) is 7.91. The first-order valence-electron chi connectivity index (χ1n) is 9.09. The molecule has 0 radical (unpaired) electrons. The summed E-state index contributed by atoms with van der Waals surface area (Å²) >= 11 is 3.52. The Balaban J connectivity index is 1.94. The number of aryl methyl sites for hydroxylation is 1. The SMILES string of the molecule is O=C1NC(=O)c2c1c1c(ccc3cc[nH]c31)c1[nH]c3c(CCBr)cccc3c21. The molecule has 3 heterocycles. The number of hydrogen-bond acceptors (Lipinski definition) is 2. The van der Waals surface area contributed by atoms with Crippen molar-refractivity contribution >= 4 is 71.2 Å². The molecule has 0 bridgehead atoms. The van der Waals surface area contributed by atoms with Crippen molar-refractivity contribution in [3.63, 3.8) is 0 Å². The van der Waals surface area contributed by atoms with Crippen LogP contribution in [-0.4, -0.2) is 27.1 Å². The van der Waals surface area contributed by atoms with Crippen LogP contribution in [0.25, 0.3) is 43.5 Å². The molecule has 5 nitrogen and oxygen atoms in total. The first-order valence-corrected chi connectivity index (χ1v) is 10.2. The van der Waals surface area contributed by atoms with Crippen molar-refractivity contribution in [3.05, 3.63) is 59.3 Å². The first-order chi connectivity index (χ1) is 13.7. The topological polar surface area (TPSA) is 77.8 Å². The maximum atomic E-state index is 12.8. The highest BCUT2D eigenvalue weighted by Gasteiger charge is 2.34. The monoisotopic (exact) mass is 431 g/mol. The van der Waals surface area contributed by atoms with Gasteiger partial charge in [0.2, 0.25) is 0 Å². The van der Waals surface area contributed by atoms with E-state index in [0.29, 0.717) is 11.1 Å². The van der Waals surface area contributed by atoms with E-state index in [0.717, 1.165) is 55.2 Å². The van der Waals surface area contributed by atoms with Crippen LogP contribution in [0, 0.1) is 0 Å². The molecule has 6 rings (SSSR count). The molecule has 136 valence electrons. The zero-order valence-corrected chi connectivity index (χ0v) is 16.2. The summed E-state index contributed by atoms with van der Waals surface area (Å²) in [5, 5.41) is 7.90. The number of carbonyl (C=O) groups is 2. The number of nitrogens with one attached hydrogen (secondary N) is 3. The molecule has 0 unspecified atom stereocenters. The fourth-order valence-electron chi connectivity index (χ4n) is 4.58. The third-order valence-corrected chi connectivity index (χ3v) is 6.11. The third kappa shape index (κ3) is 1.85. The highest BCUT2D eigenvalue weighted by Crippen LogP contribution is 2.42. The van der Waals surface area contributed by atoms with Gasteiger partial charge in [-0.3, -0.25) is 14.9 Å². The van der Waals surface area contributed by atoms with Crippen LogP contribution in [0.1, 0.15) is 26.3 Å². The average Bonchev–Trinajstić information content (AvgIpc) is 3.38. The van der Waals surface area contributed by atoms with Gasteiger partial charge in [-0.15, -0.1) is 0 Å². The Bertz CT molecular complexity index is 1490. The van der Waals surface area contributed by atoms with Crippen LogP contribution >= 0.6 is 15.9 Å². The normalized spacial score (nSPS) is 13.9. The van der Waals surface area contributed by atoms with Crippen molar-refractivity contribution in [2.45, 2.75) is 6.42 Å². The van der Waals surface area contributed by atoms with E-state index in [2.05, 4.69) is 37.3 Å². The fourth-order valence-corrected chi connectivity index (χ4v) is 5.01. The number of alkyl halides is 1. The number of para-hydroxylation sites is 1. The molecule has 0 saturated carbocycles. The number of imide groups is 1. The van der Waals surface area contributed by atoms with Crippen molar-refractivity contribution in [3.8, 4) is 0 Å². The van der Waals surface area contributed by atoms with E-state index in [1.807, 2.05) is 36.5 Å². The summed E-state index contributed by atoms with van der Waals surface area (Å²) < 4.78 is 0. The maximum absolute atomic E-state index is 12.8. The zero-order chi connectivity index (χ0) is 19.0. The minimum atomic E-state index is -0.333. The lowest BCUT2D eigenvalue weighted by Crippen LogP contribution is -2.20. The van der Waals surface area contributed by atoms with E-state index >= 15 is 0 Å². The molecule has 1 aliphatic heterocycles. The summed E-state index contributed by atoms with van der Waals surface area (Å²) in [4.78, 5) is 32.4. The Morgan fingerprint density at radius 3 is 2.36 bits per heavy atom. The Morgan fingerprint density at radius 1 is 0.821 bits per heavy atom. The molecule has 1 aliphatic rings. The summed E-state index contributed by atoms with van der Waals surface area (Å²) in [7, 11) is 0. The number of amides is 2. The molecule has 0 spiro atoms. The minimum absolute atomic E-state index is 0.331. The molecule has 3 aromatic carbocycles. The molecule has 2 amide bonds. The Labute approximate surface area is 167 Å². The van der Waals surface area contributed by atoms with Crippen molar-refractivity contribution in [1.82, 2.24) is 15.3 Å². The average molecular weight is 432 g/mol. The van der Waals surface area contributed by atoms with Crippen molar-refractivity contribution in [2.24, 2.45) is 0 Å². The molecule has 6 heteroatoms. The van der Waals surface area contributed by atoms with E-state index < -0.39 is 0 Å². The standard InChI is InChI=1S/C22H14BrN3O2/c23-8-6-10-2-1-3-12-15-17-16(21(27)26-22(17)28)14-13(20(15)25-18(10)12)5-4-11-7-9-24-19(11)14/h1-5,7,9,24-25H,6,8H2,(H,26,27,28). The molecule has 0 aliphatic carbocycles. The van der Waals surface area contributed by atoms with Gasteiger partial charge in [-0.2, -0.15) is 0 Å². The Kier molecular flexibility index (Phi) is 3.09. The molecule has 0 fully saturated rings. The molecule has 2 aromatic heterocycles. The van der Waals surface area contributed by atoms with Gasteiger partial charge in [0, 0.05) is 44.0 Å². The number of fused-ring (bicyclic) bond motifs is 10. The Morgan fingerprint density at radius 2 is 1.57 bits per heavy atom. The lowest BCUT2D eigenvalue weighted by Gasteiger charge is -2.07. The van der Waals surface area contributed by atoms with Gasteiger partial charge in [0.25, 0.3) is 11.8 Å². The second-order valence-electron chi connectivity index (χ2n) is 7.12. The van der Waals surface area contributed by atoms with Gasteiger partial charge in [-0.05, 0) is 18.1 Å². The summed E-state index contributed by atoms with van der Waals surface area (Å²) in [6, 6.07) is 12.2.